The summed E-state index contributed by atoms with van der Waals surface area (Å²) in [5.74, 6) is -1.06. The second kappa shape index (κ2) is 3.80. The minimum atomic E-state index is -1.06. The number of nitrogens with zero attached hydrogens (tertiary/aromatic N) is 1. The van der Waals surface area contributed by atoms with Crippen molar-refractivity contribution in [1.82, 2.24) is 4.90 Å². The number of amides is 1. The molecule has 5 heteroatoms. The number of carbonyl (C=O) groups is 2. The van der Waals surface area contributed by atoms with Gasteiger partial charge in [-0.05, 0) is 6.92 Å². The smallest absolute Gasteiger partial charge is 0.409 e. The Morgan fingerprint density at radius 3 is 2.27 bits per heavy atom. The minimum absolute atomic E-state index is 0.653. The third-order valence-electron chi connectivity index (χ3n) is 1.40. The van der Waals surface area contributed by atoms with Gasteiger partial charge in [-0.15, -0.1) is 0 Å². The van der Waals surface area contributed by atoms with Gasteiger partial charge in [-0.25, -0.2) is 9.59 Å². The van der Waals surface area contributed by atoms with Crippen molar-refractivity contribution >= 4 is 12.1 Å². The average molecular weight is 161 g/mol. The summed E-state index contributed by atoms with van der Waals surface area (Å²) in [6.45, 7) is 1.40. The largest absolute Gasteiger partial charge is 0.480 e. The van der Waals surface area contributed by atoms with Crippen LogP contribution in [0.5, 0.6) is 0 Å². The summed E-state index contributed by atoms with van der Waals surface area (Å²) < 4.78 is 4.31. The molecule has 0 heterocycles. The lowest BCUT2D eigenvalue weighted by molar-refractivity contribution is -0.141. The Morgan fingerprint density at radius 2 is 2.00 bits per heavy atom. The third kappa shape index (κ3) is 2.45. The lowest BCUT2D eigenvalue weighted by atomic mass is 10.3. The molecule has 0 aliphatic rings. The topological polar surface area (TPSA) is 66.8 Å². The number of rotatable bonds is 2. The summed E-state index contributed by atoms with van der Waals surface area (Å²) in [6.07, 6.45) is -0.653. The zero-order chi connectivity index (χ0) is 9.02. The van der Waals surface area contributed by atoms with Gasteiger partial charge in [0.2, 0.25) is 0 Å². The maximum absolute atomic E-state index is 10.7. The lowest BCUT2D eigenvalue weighted by Crippen LogP contribution is -2.40. The molecule has 0 saturated carbocycles. The fourth-order valence-corrected chi connectivity index (χ4v) is 0.468. The molecule has 0 aliphatic heterocycles. The molecule has 0 aromatic heterocycles. The summed E-state index contributed by atoms with van der Waals surface area (Å²) in [4.78, 5) is 22.0. The van der Waals surface area contributed by atoms with Crippen molar-refractivity contribution in [3.63, 3.8) is 0 Å². The van der Waals surface area contributed by atoms with Crippen LogP contribution in [0, 0.1) is 0 Å². The highest BCUT2D eigenvalue weighted by atomic mass is 16.5. The van der Waals surface area contributed by atoms with Gasteiger partial charge in [0.25, 0.3) is 0 Å². The molecule has 0 rings (SSSR count). The maximum atomic E-state index is 10.7. The summed E-state index contributed by atoms with van der Waals surface area (Å²) >= 11 is 0. The van der Waals surface area contributed by atoms with Gasteiger partial charge in [0.15, 0.2) is 0 Å². The zero-order valence-corrected chi connectivity index (χ0v) is 6.70. The van der Waals surface area contributed by atoms with Crippen molar-refractivity contribution in [3.05, 3.63) is 0 Å². The van der Waals surface area contributed by atoms with Crippen LogP contribution in [0.4, 0.5) is 4.79 Å². The first kappa shape index (κ1) is 9.74. The Balaban J connectivity index is 4.12. The Morgan fingerprint density at radius 1 is 1.55 bits per heavy atom. The van der Waals surface area contributed by atoms with E-state index in [-0.39, 0.29) is 0 Å². The third-order valence-corrected chi connectivity index (χ3v) is 1.40. The molecule has 0 aromatic carbocycles. The van der Waals surface area contributed by atoms with Gasteiger partial charge in [0.05, 0.1) is 7.11 Å². The molecule has 0 unspecified atom stereocenters. The molecule has 1 N–H and O–H groups in total. The van der Waals surface area contributed by atoms with E-state index in [0.717, 1.165) is 4.90 Å². The molecular weight excluding hydrogens is 150 g/mol. The minimum Gasteiger partial charge on any atom is -0.480 e. The highest BCUT2D eigenvalue weighted by molar-refractivity contribution is 5.79. The predicted molar refractivity (Wildman–Crippen MR) is 37.3 cm³/mol. The molecule has 5 nitrogen and oxygen atoms in total. The van der Waals surface area contributed by atoms with Crippen LogP contribution in [0.15, 0.2) is 0 Å². The normalized spacial score (nSPS) is 11.9. The van der Waals surface area contributed by atoms with E-state index in [1.165, 1.54) is 21.1 Å². The van der Waals surface area contributed by atoms with E-state index >= 15 is 0 Å². The molecule has 0 fully saturated rings. The average Bonchev–Trinajstić information content (AvgIpc) is 2.00. The van der Waals surface area contributed by atoms with Gasteiger partial charge in [0.1, 0.15) is 6.04 Å². The van der Waals surface area contributed by atoms with Crippen molar-refractivity contribution in [1.29, 1.82) is 0 Å². The van der Waals surface area contributed by atoms with Crippen LogP contribution in [0.3, 0.4) is 0 Å². The molecule has 0 aromatic rings. The number of likely N-dealkylation sites (N-methyl/N-ethyl adjacent to an activating group) is 1. The van der Waals surface area contributed by atoms with Gasteiger partial charge in [0, 0.05) is 7.05 Å². The van der Waals surface area contributed by atoms with Crippen molar-refractivity contribution in [3.8, 4) is 0 Å². The monoisotopic (exact) mass is 161 g/mol. The number of hydrogen-bond acceptors (Lipinski definition) is 3. The first-order valence-electron chi connectivity index (χ1n) is 3.04. The molecular formula is C6H11NO4. The van der Waals surface area contributed by atoms with Crippen LogP contribution in [0.1, 0.15) is 6.92 Å². The van der Waals surface area contributed by atoms with Gasteiger partial charge >= 0.3 is 12.1 Å². The van der Waals surface area contributed by atoms with Crippen LogP contribution >= 0.6 is 0 Å². The van der Waals surface area contributed by atoms with E-state index in [0.29, 0.717) is 0 Å². The predicted octanol–water partition coefficient (Wildman–Crippen LogP) is 0.158. The first-order chi connectivity index (χ1) is 5.00. The number of hydrogen-bond donors (Lipinski definition) is 1. The molecule has 1 atom stereocenters. The number of carboxylic acid groups (broad SMARTS) is 1. The van der Waals surface area contributed by atoms with Crippen LogP contribution < -0.4 is 0 Å². The van der Waals surface area contributed by atoms with Crippen molar-refractivity contribution in [2.24, 2.45) is 0 Å². The van der Waals surface area contributed by atoms with Gasteiger partial charge in [-0.2, -0.15) is 0 Å². The van der Waals surface area contributed by atoms with E-state index in [2.05, 4.69) is 4.74 Å². The fourth-order valence-electron chi connectivity index (χ4n) is 0.468. The summed E-state index contributed by atoms with van der Waals surface area (Å²) in [5, 5.41) is 8.45. The number of carboxylic acids is 1. The van der Waals surface area contributed by atoms with Crippen molar-refractivity contribution in [2.75, 3.05) is 14.2 Å². The van der Waals surface area contributed by atoms with Crippen molar-refractivity contribution < 1.29 is 19.4 Å². The van der Waals surface area contributed by atoms with E-state index in [1.807, 2.05) is 0 Å². The SMILES string of the molecule is COC(=O)N(C)[C@@H](C)C(=O)O. The van der Waals surface area contributed by atoms with E-state index in [4.69, 9.17) is 5.11 Å². The molecule has 0 saturated heterocycles. The Kier molecular flexibility index (Phi) is 3.36. The molecule has 0 aliphatic carbocycles. The number of methoxy groups -OCH3 is 1. The Bertz CT molecular complexity index is 168. The van der Waals surface area contributed by atoms with Gasteiger partial charge in [-0.3, -0.25) is 4.90 Å². The van der Waals surface area contributed by atoms with Crippen LogP contribution in [-0.4, -0.2) is 42.3 Å². The van der Waals surface area contributed by atoms with Crippen molar-refractivity contribution in [2.45, 2.75) is 13.0 Å². The fraction of sp³-hybridized carbons (Fsp3) is 0.667. The summed E-state index contributed by atoms with van der Waals surface area (Å²) in [5.41, 5.74) is 0. The first-order valence-corrected chi connectivity index (χ1v) is 3.04. The second-order valence-corrected chi connectivity index (χ2v) is 2.10. The van der Waals surface area contributed by atoms with Crippen LogP contribution in [0.2, 0.25) is 0 Å². The number of carbonyl (C=O) groups excluding carboxylic acids is 1. The van der Waals surface area contributed by atoms with Gasteiger partial charge < -0.3 is 9.84 Å². The lowest BCUT2D eigenvalue weighted by Gasteiger charge is -2.19. The summed E-state index contributed by atoms with van der Waals surface area (Å²) in [7, 11) is 2.57. The van der Waals surface area contributed by atoms with Crippen LogP contribution in [-0.2, 0) is 9.53 Å². The van der Waals surface area contributed by atoms with Gasteiger partial charge in [-0.1, -0.05) is 0 Å². The Hall–Kier alpha value is -1.26. The molecule has 1 amide bonds. The number of aliphatic carboxylic acids is 1. The molecule has 0 bridgehead atoms. The Labute approximate surface area is 64.6 Å². The standard InChI is InChI=1S/C6H11NO4/c1-4(5(8)9)7(2)6(10)11-3/h4H,1-3H3,(H,8,9)/t4-/m0/s1. The maximum Gasteiger partial charge on any atom is 0.409 e. The van der Waals surface area contributed by atoms with E-state index in [1.54, 1.807) is 0 Å². The molecule has 0 radical (unpaired) electrons. The molecule has 0 spiro atoms. The van der Waals surface area contributed by atoms with Crippen LogP contribution in [0.25, 0.3) is 0 Å². The quantitative estimate of drug-likeness (QED) is 0.626. The number of ether oxygens (including phenoxy) is 1. The summed E-state index contributed by atoms with van der Waals surface area (Å²) in [6, 6.07) is -0.859. The second-order valence-electron chi connectivity index (χ2n) is 2.10. The highest BCUT2D eigenvalue weighted by Gasteiger charge is 2.21. The van der Waals surface area contributed by atoms with E-state index in [9.17, 15) is 9.59 Å². The molecule has 11 heavy (non-hydrogen) atoms. The highest BCUT2D eigenvalue weighted by Crippen LogP contribution is 1.97. The zero-order valence-electron chi connectivity index (χ0n) is 6.70. The molecule has 64 valence electrons. The van der Waals surface area contributed by atoms with E-state index < -0.39 is 18.1 Å².